The molecule has 0 atom stereocenters. The maximum atomic E-state index is 11.9. The van der Waals surface area contributed by atoms with Gasteiger partial charge in [-0.2, -0.15) is 11.8 Å². The summed E-state index contributed by atoms with van der Waals surface area (Å²) < 4.78 is 10.9. The fraction of sp³-hybridized carbons (Fsp3) is 0.632. The number of benzene rings is 1. The molecule has 0 aromatic heterocycles. The third-order valence-electron chi connectivity index (χ3n) is 3.73. The van der Waals surface area contributed by atoms with Crippen molar-refractivity contribution < 1.29 is 18.7 Å². The Labute approximate surface area is 193 Å². The van der Waals surface area contributed by atoms with E-state index >= 15 is 0 Å². The van der Waals surface area contributed by atoms with E-state index in [4.69, 9.17) is 37.3 Å². The van der Waals surface area contributed by atoms with Crippen LogP contribution in [-0.2, 0) is 37.0 Å². The number of hydroxylamine groups is 2. The third kappa shape index (κ3) is 9.48. The largest absolute Gasteiger partial charge is 0.322 e. The first-order valence-electron chi connectivity index (χ1n) is 9.48. The third-order valence-corrected chi connectivity index (χ3v) is 11.2. The molecule has 1 aliphatic rings. The maximum absolute atomic E-state index is 11.9. The van der Waals surface area contributed by atoms with E-state index in [1.54, 1.807) is 11.4 Å². The van der Waals surface area contributed by atoms with Gasteiger partial charge in [-0.15, -0.1) is 0 Å². The van der Waals surface area contributed by atoms with Gasteiger partial charge in [-0.05, 0) is 56.9 Å². The molecule has 0 aliphatic carbocycles. The molecule has 1 heterocycles. The van der Waals surface area contributed by atoms with Gasteiger partial charge >= 0.3 is 0 Å². The van der Waals surface area contributed by atoms with Crippen molar-refractivity contribution in [3.63, 3.8) is 0 Å². The summed E-state index contributed by atoms with van der Waals surface area (Å²) in [6.07, 6.45) is 0. The first-order chi connectivity index (χ1) is 13.7. The molecule has 1 amide bonds. The monoisotopic (exact) mass is 499 g/mol. The van der Waals surface area contributed by atoms with E-state index in [-0.39, 0.29) is 5.91 Å². The minimum absolute atomic E-state index is 0.00687. The van der Waals surface area contributed by atoms with Crippen LogP contribution in [0.2, 0.25) is 5.02 Å². The van der Waals surface area contributed by atoms with Gasteiger partial charge in [0.05, 0.1) is 31.8 Å². The lowest BCUT2D eigenvalue weighted by Gasteiger charge is -2.19. The van der Waals surface area contributed by atoms with Crippen LogP contribution < -0.4 is 0 Å². The molecule has 0 spiro atoms. The highest BCUT2D eigenvalue weighted by Gasteiger charge is 2.40. The van der Waals surface area contributed by atoms with Gasteiger partial charge in [0.25, 0.3) is 5.91 Å². The lowest BCUT2D eigenvalue weighted by atomic mass is 9.95. The van der Waals surface area contributed by atoms with Gasteiger partial charge < -0.3 is 9.05 Å². The lowest BCUT2D eigenvalue weighted by Crippen LogP contribution is -2.30. The summed E-state index contributed by atoms with van der Waals surface area (Å²) in [5.41, 5.74) is -1.55. The molecule has 5 nitrogen and oxygen atoms in total. The SMILES string of the molecule is CC1(C)CON(Cc2ccccc2Cl)C1=O.CCOP(=S)(OCC)SCSCC. The molecule has 1 saturated heterocycles. The number of carbonyl (C=O) groups excluding carboxylic acids is 1. The Morgan fingerprint density at radius 3 is 2.34 bits per heavy atom. The number of halogens is 1. The first kappa shape index (κ1) is 27.2. The smallest absolute Gasteiger partial charge is 0.254 e. The van der Waals surface area contributed by atoms with Crippen molar-refractivity contribution in [1.82, 2.24) is 5.06 Å². The van der Waals surface area contributed by atoms with Gasteiger partial charge in [0.1, 0.15) is 0 Å². The van der Waals surface area contributed by atoms with E-state index < -0.39 is 11.1 Å². The second-order valence-corrected chi connectivity index (χ2v) is 15.0. The molecule has 0 radical (unpaired) electrons. The van der Waals surface area contributed by atoms with Crippen LogP contribution in [0, 0.1) is 5.41 Å². The molecule has 2 rings (SSSR count). The van der Waals surface area contributed by atoms with Crippen LogP contribution in [0.4, 0.5) is 0 Å². The van der Waals surface area contributed by atoms with Gasteiger partial charge in [0.2, 0.25) is 5.69 Å². The topological polar surface area (TPSA) is 48.0 Å². The number of rotatable bonds is 10. The van der Waals surface area contributed by atoms with Crippen molar-refractivity contribution in [2.24, 2.45) is 5.41 Å². The Morgan fingerprint density at radius 2 is 1.86 bits per heavy atom. The molecule has 1 aromatic rings. The Kier molecular flexibility index (Phi) is 12.8. The second kappa shape index (κ2) is 13.6. The van der Waals surface area contributed by atoms with Crippen LogP contribution in [0.3, 0.4) is 0 Å². The van der Waals surface area contributed by atoms with Crippen LogP contribution in [0.5, 0.6) is 0 Å². The summed E-state index contributed by atoms with van der Waals surface area (Å²) >= 11 is 14.9. The average molecular weight is 500 g/mol. The highest BCUT2D eigenvalue weighted by atomic mass is 35.5. The van der Waals surface area contributed by atoms with Gasteiger partial charge in [-0.1, -0.05) is 48.1 Å². The highest BCUT2D eigenvalue weighted by Crippen LogP contribution is 2.61. The Hall–Kier alpha value is 0.210. The van der Waals surface area contributed by atoms with Gasteiger partial charge in [0, 0.05) is 10.1 Å². The molecule has 0 bridgehead atoms. The Balaban J connectivity index is 0.000000298. The summed E-state index contributed by atoms with van der Waals surface area (Å²) in [6.45, 7) is 11.9. The van der Waals surface area contributed by atoms with E-state index in [1.165, 1.54) is 5.06 Å². The van der Waals surface area contributed by atoms with Crippen molar-refractivity contribution in [1.29, 1.82) is 0 Å². The van der Waals surface area contributed by atoms with Crippen molar-refractivity contribution >= 4 is 58.2 Å². The van der Waals surface area contributed by atoms with Crippen LogP contribution in [0.15, 0.2) is 24.3 Å². The highest BCUT2D eigenvalue weighted by molar-refractivity contribution is 8.69. The van der Waals surface area contributed by atoms with Crippen LogP contribution in [0.1, 0.15) is 40.2 Å². The molecule has 29 heavy (non-hydrogen) atoms. The quantitative estimate of drug-likeness (QED) is 0.210. The molecule has 0 N–H and O–H groups in total. The number of thioether (sulfide) groups is 1. The standard InChI is InChI=1S/C12H14ClNO2.C7H17O2PS3/c1-12(2)8-16-14(11(12)15)7-9-5-3-4-6-10(9)13;1-4-8-10(11,9-5-2)13-7-12-6-3/h3-6H,7-8H2,1-2H3;4-7H2,1-3H3. The van der Waals surface area contributed by atoms with E-state index in [0.717, 1.165) is 16.4 Å². The summed E-state index contributed by atoms with van der Waals surface area (Å²) in [6, 6.07) is 7.46. The predicted molar refractivity (Wildman–Crippen MR) is 130 cm³/mol. The number of hydrogen-bond donors (Lipinski definition) is 0. The van der Waals surface area contributed by atoms with Crippen molar-refractivity contribution in [3.05, 3.63) is 34.9 Å². The summed E-state index contributed by atoms with van der Waals surface area (Å²) in [5, 5.41) is 3.01. The average Bonchev–Trinajstić information content (AvgIpc) is 2.92. The normalized spacial score (nSPS) is 15.9. The zero-order chi connectivity index (χ0) is 21.9. The molecule has 1 fully saturated rings. The van der Waals surface area contributed by atoms with Crippen molar-refractivity contribution in [2.75, 3.05) is 30.7 Å². The zero-order valence-electron chi connectivity index (χ0n) is 17.7. The van der Waals surface area contributed by atoms with Crippen LogP contribution in [0.25, 0.3) is 0 Å². The van der Waals surface area contributed by atoms with E-state index in [2.05, 4.69) is 6.92 Å². The summed E-state index contributed by atoms with van der Waals surface area (Å²) in [4.78, 5) is 17.3. The maximum Gasteiger partial charge on any atom is 0.254 e. The summed E-state index contributed by atoms with van der Waals surface area (Å²) in [7, 11) is 0. The molecule has 0 unspecified atom stereocenters. The van der Waals surface area contributed by atoms with Gasteiger partial charge in [0.15, 0.2) is 0 Å². The fourth-order valence-electron chi connectivity index (χ4n) is 2.21. The van der Waals surface area contributed by atoms with Gasteiger partial charge in [-0.3, -0.25) is 9.63 Å². The number of nitrogens with zero attached hydrogens (tertiary/aromatic N) is 1. The molecular weight excluding hydrogens is 469 g/mol. The van der Waals surface area contributed by atoms with Gasteiger partial charge in [-0.25, -0.2) is 5.06 Å². The van der Waals surface area contributed by atoms with E-state index in [1.807, 2.05) is 63.7 Å². The minimum Gasteiger partial charge on any atom is -0.322 e. The molecule has 1 aliphatic heterocycles. The van der Waals surface area contributed by atoms with Crippen LogP contribution >= 0.6 is 40.4 Å². The second-order valence-electron chi connectivity index (χ2n) is 6.61. The lowest BCUT2D eigenvalue weighted by molar-refractivity contribution is -0.165. The zero-order valence-corrected chi connectivity index (χ0v) is 21.8. The number of hydrogen-bond acceptors (Lipinski definition) is 7. The molecule has 10 heteroatoms. The molecule has 0 saturated carbocycles. The first-order valence-corrected chi connectivity index (χ1v) is 15.2. The van der Waals surface area contributed by atoms with E-state index in [9.17, 15) is 4.79 Å². The van der Waals surface area contributed by atoms with Crippen LogP contribution in [-0.4, -0.2) is 41.6 Å². The minimum atomic E-state index is -2.02. The molecular formula is C19H31ClNO4PS3. The molecule has 1 aromatic carbocycles. The Morgan fingerprint density at radius 1 is 1.24 bits per heavy atom. The number of carbonyl (C=O) groups is 1. The number of amides is 1. The van der Waals surface area contributed by atoms with Crippen molar-refractivity contribution in [3.8, 4) is 0 Å². The Bertz CT molecular complexity index is 683. The summed E-state index contributed by atoms with van der Waals surface area (Å²) in [5.74, 6) is 1.12. The molecule has 166 valence electrons. The van der Waals surface area contributed by atoms with E-state index in [0.29, 0.717) is 31.4 Å². The van der Waals surface area contributed by atoms with Crippen molar-refractivity contribution in [2.45, 2.75) is 41.2 Å². The predicted octanol–water partition coefficient (Wildman–Crippen LogP) is 6.37. The fourth-order valence-corrected chi connectivity index (χ4v) is 9.45.